The molecule has 0 saturated heterocycles. The van der Waals surface area contributed by atoms with Crippen molar-refractivity contribution in [1.29, 1.82) is 0 Å². The summed E-state index contributed by atoms with van der Waals surface area (Å²) in [4.78, 5) is 15.2. The molecule has 0 atom stereocenters. The van der Waals surface area contributed by atoms with Gasteiger partial charge in [-0.15, -0.1) is 0 Å². The quantitative estimate of drug-likeness (QED) is 0.601. The molecule has 0 bridgehead atoms. The number of hydrogen-bond acceptors (Lipinski definition) is 7. The topological polar surface area (TPSA) is 94.2 Å². The Labute approximate surface area is 150 Å². The first-order valence-electron chi connectivity index (χ1n) is 8.01. The first kappa shape index (κ1) is 15.9. The Bertz CT molecular complexity index is 969. The maximum absolute atomic E-state index is 5.98. The van der Waals surface area contributed by atoms with Crippen LogP contribution in [0, 0.1) is 0 Å². The van der Waals surface area contributed by atoms with Crippen molar-refractivity contribution < 1.29 is 8.83 Å². The molecule has 7 heteroatoms. The Kier molecular flexibility index (Phi) is 3.89. The van der Waals surface area contributed by atoms with Gasteiger partial charge >= 0.3 is 0 Å². The fraction of sp³-hybridized carbons (Fsp3) is 0.105. The van der Waals surface area contributed by atoms with Gasteiger partial charge in [0.05, 0.1) is 24.5 Å². The van der Waals surface area contributed by atoms with Crippen molar-refractivity contribution in [2.24, 2.45) is 0 Å². The van der Waals surface area contributed by atoms with E-state index in [4.69, 9.17) is 14.6 Å². The van der Waals surface area contributed by atoms with Crippen molar-refractivity contribution in [2.75, 3.05) is 24.7 Å². The van der Waals surface area contributed by atoms with E-state index in [0.717, 1.165) is 22.5 Å². The second kappa shape index (κ2) is 6.36. The highest BCUT2D eigenvalue weighted by atomic mass is 16.3. The average molecular weight is 347 g/mol. The van der Waals surface area contributed by atoms with Crippen LogP contribution in [0.25, 0.3) is 33.8 Å². The van der Waals surface area contributed by atoms with Crippen molar-refractivity contribution >= 4 is 11.8 Å². The smallest absolute Gasteiger partial charge is 0.221 e. The molecule has 26 heavy (non-hydrogen) atoms. The second-order valence-electron chi connectivity index (χ2n) is 5.94. The van der Waals surface area contributed by atoms with Crippen LogP contribution in [0.15, 0.2) is 64.2 Å². The van der Waals surface area contributed by atoms with Gasteiger partial charge in [-0.3, -0.25) is 0 Å². The molecule has 0 radical (unpaired) electrons. The molecule has 130 valence electrons. The van der Waals surface area contributed by atoms with E-state index in [1.807, 2.05) is 49.3 Å². The summed E-state index contributed by atoms with van der Waals surface area (Å²) >= 11 is 0. The molecule has 0 aliphatic carbocycles. The Morgan fingerprint density at radius 2 is 1.85 bits per heavy atom. The fourth-order valence-corrected chi connectivity index (χ4v) is 2.77. The summed E-state index contributed by atoms with van der Waals surface area (Å²) < 4.78 is 10.8. The zero-order valence-corrected chi connectivity index (χ0v) is 14.4. The molecule has 4 heterocycles. The van der Waals surface area contributed by atoms with Crippen LogP contribution in [0.2, 0.25) is 0 Å². The predicted molar refractivity (Wildman–Crippen MR) is 99.4 cm³/mol. The molecule has 7 nitrogen and oxygen atoms in total. The van der Waals surface area contributed by atoms with E-state index in [1.165, 1.54) is 0 Å². The zero-order valence-electron chi connectivity index (χ0n) is 14.4. The number of nitrogen functional groups attached to an aromatic ring is 1. The number of anilines is 2. The average Bonchev–Trinajstić information content (AvgIpc) is 3.35. The van der Waals surface area contributed by atoms with Gasteiger partial charge < -0.3 is 19.5 Å². The van der Waals surface area contributed by atoms with Crippen molar-refractivity contribution in [2.45, 2.75) is 0 Å². The fourth-order valence-electron chi connectivity index (χ4n) is 2.77. The van der Waals surface area contributed by atoms with Crippen molar-refractivity contribution in [3.05, 3.63) is 55.3 Å². The Morgan fingerprint density at radius 3 is 2.54 bits per heavy atom. The first-order valence-corrected chi connectivity index (χ1v) is 8.01. The van der Waals surface area contributed by atoms with Crippen molar-refractivity contribution in [3.8, 4) is 33.8 Å². The Balaban J connectivity index is 2.04. The van der Waals surface area contributed by atoms with Crippen LogP contribution >= 0.6 is 0 Å². The molecule has 4 aromatic rings. The summed E-state index contributed by atoms with van der Waals surface area (Å²) in [6.07, 6.45) is 6.59. The van der Waals surface area contributed by atoms with Crippen LogP contribution in [0.4, 0.5) is 11.8 Å². The lowest BCUT2D eigenvalue weighted by Crippen LogP contribution is -2.10. The van der Waals surface area contributed by atoms with E-state index in [-0.39, 0.29) is 5.95 Å². The number of hydrogen-bond donors (Lipinski definition) is 1. The highest BCUT2D eigenvalue weighted by Gasteiger charge is 2.21. The molecule has 0 unspecified atom stereocenters. The van der Waals surface area contributed by atoms with Gasteiger partial charge in [0, 0.05) is 31.4 Å². The number of furan rings is 2. The van der Waals surface area contributed by atoms with Crippen molar-refractivity contribution in [1.82, 2.24) is 15.0 Å². The van der Waals surface area contributed by atoms with E-state index in [0.29, 0.717) is 17.1 Å². The molecule has 0 fully saturated rings. The van der Waals surface area contributed by atoms with E-state index >= 15 is 0 Å². The maximum atomic E-state index is 5.98. The third-order valence-corrected chi connectivity index (χ3v) is 3.97. The van der Waals surface area contributed by atoms with Crippen LogP contribution in [-0.4, -0.2) is 29.0 Å². The summed E-state index contributed by atoms with van der Waals surface area (Å²) in [5, 5.41) is 0. The number of pyridine rings is 1. The highest BCUT2D eigenvalue weighted by Crippen LogP contribution is 2.39. The first-order chi connectivity index (χ1) is 12.6. The molecule has 4 aromatic heterocycles. The summed E-state index contributed by atoms with van der Waals surface area (Å²) in [5.41, 5.74) is 9.80. The minimum absolute atomic E-state index is 0.165. The standard InChI is InChI=1S/C19H17N5O2/c1-24(2)15-10-12(5-7-21-15)16-17(13-6-9-25-11-13)22-19(20)23-18(16)14-4-3-8-26-14/h3-11H,1-2H3,(H2,20,22,23). The normalized spacial score (nSPS) is 10.8. The minimum atomic E-state index is 0.165. The summed E-state index contributed by atoms with van der Waals surface area (Å²) in [7, 11) is 3.88. The van der Waals surface area contributed by atoms with Crippen molar-refractivity contribution in [3.63, 3.8) is 0 Å². The third-order valence-electron chi connectivity index (χ3n) is 3.97. The Morgan fingerprint density at radius 1 is 1.00 bits per heavy atom. The van der Waals surface area contributed by atoms with E-state index in [9.17, 15) is 0 Å². The molecule has 0 aliphatic heterocycles. The summed E-state index contributed by atoms with van der Waals surface area (Å²) in [6, 6.07) is 9.39. The van der Waals surface area contributed by atoms with Gasteiger partial charge in [0.2, 0.25) is 5.95 Å². The SMILES string of the molecule is CN(C)c1cc(-c2c(-c3ccoc3)nc(N)nc2-c2ccco2)ccn1. The van der Waals surface area contributed by atoms with Crippen LogP contribution < -0.4 is 10.6 Å². The molecule has 0 spiro atoms. The van der Waals surface area contributed by atoms with E-state index in [2.05, 4.69) is 15.0 Å². The molecule has 0 aromatic carbocycles. The van der Waals surface area contributed by atoms with Gasteiger partial charge in [0.15, 0.2) is 5.76 Å². The van der Waals surface area contributed by atoms with Gasteiger partial charge in [0.25, 0.3) is 0 Å². The molecule has 0 aliphatic rings. The lowest BCUT2D eigenvalue weighted by molar-refractivity contribution is 0.568. The van der Waals surface area contributed by atoms with Gasteiger partial charge in [-0.2, -0.15) is 0 Å². The van der Waals surface area contributed by atoms with Crippen LogP contribution in [0.5, 0.6) is 0 Å². The maximum Gasteiger partial charge on any atom is 0.221 e. The van der Waals surface area contributed by atoms with Gasteiger partial charge in [-0.25, -0.2) is 15.0 Å². The van der Waals surface area contributed by atoms with Gasteiger partial charge in [0.1, 0.15) is 11.5 Å². The highest BCUT2D eigenvalue weighted by molar-refractivity contribution is 5.90. The monoisotopic (exact) mass is 347 g/mol. The number of rotatable bonds is 4. The van der Waals surface area contributed by atoms with Gasteiger partial charge in [-0.1, -0.05) is 0 Å². The second-order valence-corrected chi connectivity index (χ2v) is 5.94. The lowest BCUT2D eigenvalue weighted by Gasteiger charge is -2.15. The number of nitrogens with zero attached hydrogens (tertiary/aromatic N) is 4. The molecule has 2 N–H and O–H groups in total. The van der Waals surface area contributed by atoms with E-state index < -0.39 is 0 Å². The number of aromatic nitrogens is 3. The minimum Gasteiger partial charge on any atom is -0.472 e. The summed E-state index contributed by atoms with van der Waals surface area (Å²) in [6.45, 7) is 0. The zero-order chi connectivity index (χ0) is 18.1. The largest absolute Gasteiger partial charge is 0.472 e. The summed E-state index contributed by atoms with van der Waals surface area (Å²) in [5.74, 6) is 1.60. The number of nitrogens with two attached hydrogens (primary N) is 1. The Hall–Kier alpha value is -3.61. The van der Waals surface area contributed by atoms with Crippen LogP contribution in [0.3, 0.4) is 0 Å². The lowest BCUT2D eigenvalue weighted by atomic mass is 9.98. The van der Waals surface area contributed by atoms with Gasteiger partial charge in [-0.05, 0) is 35.9 Å². The molecule has 4 rings (SSSR count). The molecular weight excluding hydrogens is 330 g/mol. The molecule has 0 saturated carbocycles. The molecular formula is C19H17N5O2. The predicted octanol–water partition coefficient (Wildman–Crippen LogP) is 3.71. The molecule has 0 amide bonds. The van der Waals surface area contributed by atoms with Crippen LogP contribution in [0.1, 0.15) is 0 Å². The van der Waals surface area contributed by atoms with E-state index in [1.54, 1.807) is 25.0 Å². The van der Waals surface area contributed by atoms with Crippen LogP contribution in [-0.2, 0) is 0 Å². The third kappa shape index (κ3) is 2.79.